The number of carbonyl (C=O) groups is 1. The molecule has 29 heavy (non-hydrogen) atoms. The van der Waals surface area contributed by atoms with Crippen LogP contribution in [0.25, 0.3) is 11.0 Å². The second-order valence-electron chi connectivity index (χ2n) is 6.88. The Morgan fingerprint density at radius 1 is 1.00 bits per heavy atom. The number of fused-ring (bicyclic) bond motifs is 1. The SMILES string of the molecule is Cc1cccc(OCCn2c(CNC(=O)c3ccccc3)nc3ccccc32)c1. The summed E-state index contributed by atoms with van der Waals surface area (Å²) in [7, 11) is 0. The predicted molar refractivity (Wildman–Crippen MR) is 114 cm³/mol. The minimum Gasteiger partial charge on any atom is -0.492 e. The lowest BCUT2D eigenvalue weighted by molar-refractivity contribution is 0.0949. The molecule has 1 amide bonds. The molecule has 0 aliphatic carbocycles. The number of ether oxygens (including phenoxy) is 1. The van der Waals surface area contributed by atoms with Crippen LogP contribution in [0.2, 0.25) is 0 Å². The molecule has 0 unspecified atom stereocenters. The van der Waals surface area contributed by atoms with Crippen molar-refractivity contribution in [3.05, 3.63) is 95.8 Å². The molecule has 146 valence electrons. The van der Waals surface area contributed by atoms with Crippen molar-refractivity contribution >= 4 is 16.9 Å². The number of aryl methyl sites for hydroxylation is 1. The molecular weight excluding hydrogens is 362 g/mol. The van der Waals surface area contributed by atoms with Gasteiger partial charge in [-0.25, -0.2) is 4.98 Å². The van der Waals surface area contributed by atoms with Crippen LogP contribution >= 0.6 is 0 Å². The first-order valence-electron chi connectivity index (χ1n) is 9.67. The van der Waals surface area contributed by atoms with Gasteiger partial charge in [-0.05, 0) is 48.9 Å². The summed E-state index contributed by atoms with van der Waals surface area (Å²) in [5.41, 5.74) is 3.74. The molecule has 1 heterocycles. The Hall–Kier alpha value is -3.60. The van der Waals surface area contributed by atoms with E-state index in [1.54, 1.807) is 12.1 Å². The Morgan fingerprint density at radius 3 is 2.62 bits per heavy atom. The second kappa shape index (κ2) is 8.61. The van der Waals surface area contributed by atoms with Gasteiger partial charge in [0, 0.05) is 5.56 Å². The Balaban J connectivity index is 1.49. The maximum atomic E-state index is 12.4. The van der Waals surface area contributed by atoms with Gasteiger partial charge in [-0.3, -0.25) is 4.79 Å². The summed E-state index contributed by atoms with van der Waals surface area (Å²) >= 11 is 0. The highest BCUT2D eigenvalue weighted by atomic mass is 16.5. The highest BCUT2D eigenvalue weighted by Gasteiger charge is 2.12. The molecule has 0 atom stereocenters. The summed E-state index contributed by atoms with van der Waals surface area (Å²) in [4.78, 5) is 17.1. The summed E-state index contributed by atoms with van der Waals surface area (Å²) in [5.74, 6) is 1.55. The van der Waals surface area contributed by atoms with Crippen molar-refractivity contribution in [2.75, 3.05) is 6.61 Å². The standard InChI is InChI=1S/C24H23N3O2/c1-18-8-7-11-20(16-18)29-15-14-27-22-13-6-5-12-21(22)26-23(27)17-25-24(28)19-9-3-2-4-10-19/h2-13,16H,14-15,17H2,1H3,(H,25,28). The summed E-state index contributed by atoms with van der Waals surface area (Å²) < 4.78 is 8.03. The number of aromatic nitrogens is 2. The van der Waals surface area contributed by atoms with E-state index < -0.39 is 0 Å². The number of nitrogens with zero attached hydrogens (tertiary/aromatic N) is 2. The molecule has 0 saturated heterocycles. The zero-order valence-electron chi connectivity index (χ0n) is 16.3. The number of amides is 1. The number of hydrogen-bond acceptors (Lipinski definition) is 3. The molecule has 0 fully saturated rings. The maximum Gasteiger partial charge on any atom is 0.251 e. The van der Waals surface area contributed by atoms with Crippen molar-refractivity contribution in [1.82, 2.24) is 14.9 Å². The van der Waals surface area contributed by atoms with E-state index in [9.17, 15) is 4.79 Å². The first-order chi connectivity index (χ1) is 14.2. The fourth-order valence-corrected chi connectivity index (χ4v) is 3.32. The lowest BCUT2D eigenvalue weighted by Crippen LogP contribution is -2.25. The fraction of sp³-hybridized carbons (Fsp3) is 0.167. The maximum absolute atomic E-state index is 12.4. The van der Waals surface area contributed by atoms with E-state index in [-0.39, 0.29) is 5.91 Å². The Kier molecular flexibility index (Phi) is 5.56. The molecule has 1 N–H and O–H groups in total. The van der Waals surface area contributed by atoms with Crippen LogP contribution in [-0.4, -0.2) is 22.1 Å². The molecule has 4 aromatic rings. The van der Waals surface area contributed by atoms with Gasteiger partial charge in [0.15, 0.2) is 0 Å². The van der Waals surface area contributed by atoms with Crippen LogP contribution in [0.4, 0.5) is 0 Å². The van der Waals surface area contributed by atoms with Crippen molar-refractivity contribution < 1.29 is 9.53 Å². The molecule has 0 aliphatic rings. The number of imidazole rings is 1. The monoisotopic (exact) mass is 385 g/mol. The van der Waals surface area contributed by atoms with Crippen LogP contribution < -0.4 is 10.1 Å². The Morgan fingerprint density at radius 2 is 1.79 bits per heavy atom. The number of benzene rings is 3. The molecule has 5 heteroatoms. The van der Waals surface area contributed by atoms with Gasteiger partial charge < -0.3 is 14.6 Å². The van der Waals surface area contributed by atoms with Crippen molar-refractivity contribution in [3.63, 3.8) is 0 Å². The molecule has 0 spiro atoms. The van der Waals surface area contributed by atoms with Crippen LogP contribution in [0.1, 0.15) is 21.7 Å². The van der Waals surface area contributed by atoms with Gasteiger partial charge in [-0.15, -0.1) is 0 Å². The number of para-hydroxylation sites is 2. The summed E-state index contributed by atoms with van der Waals surface area (Å²) in [6, 6.07) is 25.2. The van der Waals surface area contributed by atoms with E-state index in [1.807, 2.05) is 73.7 Å². The van der Waals surface area contributed by atoms with Crippen LogP contribution in [0.15, 0.2) is 78.9 Å². The van der Waals surface area contributed by atoms with E-state index in [1.165, 1.54) is 5.56 Å². The average molecular weight is 385 g/mol. The Bertz CT molecular complexity index is 1120. The van der Waals surface area contributed by atoms with Gasteiger partial charge in [0.2, 0.25) is 0 Å². The minimum atomic E-state index is -0.111. The lowest BCUT2D eigenvalue weighted by Gasteiger charge is -2.12. The second-order valence-corrected chi connectivity index (χ2v) is 6.88. The normalized spacial score (nSPS) is 10.8. The van der Waals surface area contributed by atoms with Gasteiger partial charge in [-0.1, -0.05) is 42.5 Å². The van der Waals surface area contributed by atoms with E-state index >= 15 is 0 Å². The average Bonchev–Trinajstić information content (AvgIpc) is 3.10. The largest absolute Gasteiger partial charge is 0.492 e. The molecule has 5 nitrogen and oxygen atoms in total. The topological polar surface area (TPSA) is 56.1 Å². The molecule has 4 rings (SSSR count). The molecule has 0 saturated carbocycles. The quantitative estimate of drug-likeness (QED) is 0.514. The van der Waals surface area contributed by atoms with Gasteiger partial charge in [0.1, 0.15) is 18.2 Å². The molecule has 0 radical (unpaired) electrons. The van der Waals surface area contributed by atoms with E-state index in [4.69, 9.17) is 9.72 Å². The van der Waals surface area contributed by atoms with Crippen molar-refractivity contribution in [2.24, 2.45) is 0 Å². The predicted octanol–water partition coefficient (Wildman–Crippen LogP) is 4.35. The van der Waals surface area contributed by atoms with Gasteiger partial charge in [0.25, 0.3) is 5.91 Å². The number of nitrogens with one attached hydrogen (secondary N) is 1. The van der Waals surface area contributed by atoms with Gasteiger partial charge >= 0.3 is 0 Å². The van der Waals surface area contributed by atoms with Gasteiger partial charge in [-0.2, -0.15) is 0 Å². The van der Waals surface area contributed by atoms with Crippen LogP contribution in [0.5, 0.6) is 5.75 Å². The lowest BCUT2D eigenvalue weighted by atomic mass is 10.2. The zero-order chi connectivity index (χ0) is 20.1. The highest BCUT2D eigenvalue weighted by Crippen LogP contribution is 2.17. The van der Waals surface area contributed by atoms with Crippen molar-refractivity contribution in [2.45, 2.75) is 20.0 Å². The Labute approximate surface area is 170 Å². The number of carbonyl (C=O) groups excluding carboxylic acids is 1. The molecule has 1 aromatic heterocycles. The smallest absolute Gasteiger partial charge is 0.251 e. The zero-order valence-corrected chi connectivity index (χ0v) is 16.3. The van der Waals surface area contributed by atoms with Crippen LogP contribution in [0.3, 0.4) is 0 Å². The van der Waals surface area contributed by atoms with Crippen LogP contribution in [0, 0.1) is 6.92 Å². The summed E-state index contributed by atoms with van der Waals surface area (Å²) in [6.45, 7) is 3.56. The number of rotatable bonds is 7. The highest BCUT2D eigenvalue weighted by molar-refractivity contribution is 5.94. The summed E-state index contributed by atoms with van der Waals surface area (Å²) in [6.07, 6.45) is 0. The van der Waals surface area contributed by atoms with E-state index in [2.05, 4.69) is 9.88 Å². The minimum absolute atomic E-state index is 0.111. The third-order valence-corrected chi connectivity index (χ3v) is 4.75. The molecule has 3 aromatic carbocycles. The first-order valence-corrected chi connectivity index (χ1v) is 9.67. The van der Waals surface area contributed by atoms with Crippen molar-refractivity contribution in [3.8, 4) is 5.75 Å². The third-order valence-electron chi connectivity index (χ3n) is 4.75. The third kappa shape index (κ3) is 4.46. The van der Waals surface area contributed by atoms with E-state index in [0.29, 0.717) is 25.3 Å². The number of hydrogen-bond donors (Lipinski definition) is 1. The molecule has 0 aliphatic heterocycles. The molecular formula is C24H23N3O2. The van der Waals surface area contributed by atoms with Gasteiger partial charge in [0.05, 0.1) is 24.1 Å². The first kappa shape index (κ1) is 18.7. The van der Waals surface area contributed by atoms with Crippen LogP contribution in [-0.2, 0) is 13.1 Å². The molecule has 0 bridgehead atoms. The summed E-state index contributed by atoms with van der Waals surface area (Å²) in [5, 5.41) is 2.97. The van der Waals surface area contributed by atoms with E-state index in [0.717, 1.165) is 22.6 Å². The fourth-order valence-electron chi connectivity index (χ4n) is 3.32. The van der Waals surface area contributed by atoms with Crippen molar-refractivity contribution in [1.29, 1.82) is 0 Å².